The third kappa shape index (κ3) is 3.08. The Hall–Kier alpha value is -1.48. The van der Waals surface area contributed by atoms with E-state index in [-0.39, 0.29) is 0 Å². The summed E-state index contributed by atoms with van der Waals surface area (Å²) in [5.41, 5.74) is 4.00. The lowest BCUT2D eigenvalue weighted by atomic mass is 9.99. The molecule has 2 aromatic rings. The van der Waals surface area contributed by atoms with Gasteiger partial charge in [0.15, 0.2) is 0 Å². The van der Waals surface area contributed by atoms with E-state index in [1.165, 1.54) is 41.8 Å². The number of thiophene rings is 1. The van der Waals surface area contributed by atoms with E-state index in [1.54, 1.807) is 17.6 Å². The van der Waals surface area contributed by atoms with Gasteiger partial charge in [-0.05, 0) is 74.9 Å². The van der Waals surface area contributed by atoms with Gasteiger partial charge < -0.3 is 10.1 Å². The largest absolute Gasteiger partial charge is 0.497 e. The summed E-state index contributed by atoms with van der Waals surface area (Å²) < 4.78 is 5.27. The summed E-state index contributed by atoms with van der Waals surface area (Å²) in [5, 5.41) is 3.64. The van der Waals surface area contributed by atoms with Crippen LogP contribution >= 0.6 is 11.3 Å². The second-order valence-electron chi connectivity index (χ2n) is 5.85. The Labute approximate surface area is 131 Å². The normalized spacial score (nSPS) is 15.4. The van der Waals surface area contributed by atoms with Gasteiger partial charge in [-0.15, -0.1) is 11.3 Å². The molecule has 1 aromatic heterocycles. The Morgan fingerprint density at radius 3 is 2.71 bits per heavy atom. The summed E-state index contributed by atoms with van der Waals surface area (Å²) in [6.07, 6.45) is 5.24. The molecule has 1 aromatic carbocycles. The molecule has 0 fully saturated rings. The van der Waals surface area contributed by atoms with Crippen molar-refractivity contribution in [2.45, 2.75) is 45.6 Å². The number of fused-ring (bicyclic) bond motifs is 1. The number of methoxy groups -OCH3 is 1. The van der Waals surface area contributed by atoms with Gasteiger partial charge in [-0.3, -0.25) is 0 Å². The molecular formula is C18H23NOS. The van der Waals surface area contributed by atoms with Gasteiger partial charge in [-0.25, -0.2) is 0 Å². The van der Waals surface area contributed by atoms with Crippen LogP contribution in [0.1, 0.15) is 46.7 Å². The number of nitrogens with one attached hydrogen (secondary N) is 1. The summed E-state index contributed by atoms with van der Waals surface area (Å²) >= 11 is 1.99. The van der Waals surface area contributed by atoms with Crippen LogP contribution in [0.2, 0.25) is 0 Å². The predicted molar refractivity (Wildman–Crippen MR) is 90.7 cm³/mol. The first kappa shape index (κ1) is 14.5. The number of benzene rings is 1. The van der Waals surface area contributed by atoms with E-state index in [1.807, 2.05) is 17.4 Å². The average molecular weight is 301 g/mol. The summed E-state index contributed by atoms with van der Waals surface area (Å²) in [6, 6.07) is 8.97. The molecule has 1 N–H and O–H groups in total. The molecule has 0 radical (unpaired) electrons. The minimum Gasteiger partial charge on any atom is -0.497 e. The van der Waals surface area contributed by atoms with Gasteiger partial charge in [0.1, 0.15) is 5.75 Å². The van der Waals surface area contributed by atoms with Crippen LogP contribution in [-0.2, 0) is 12.8 Å². The number of hydrogen-bond donors (Lipinski definition) is 1. The molecule has 0 saturated heterocycles. The van der Waals surface area contributed by atoms with Gasteiger partial charge >= 0.3 is 0 Å². The van der Waals surface area contributed by atoms with Gasteiger partial charge in [0.2, 0.25) is 0 Å². The molecular weight excluding hydrogens is 278 g/mol. The number of aryl methyl sites for hydroxylation is 3. The minimum atomic E-state index is 0.354. The summed E-state index contributed by atoms with van der Waals surface area (Å²) in [5.74, 6) is 0.914. The molecule has 1 aliphatic rings. The minimum absolute atomic E-state index is 0.354. The summed E-state index contributed by atoms with van der Waals surface area (Å²) in [7, 11) is 1.71. The topological polar surface area (TPSA) is 21.3 Å². The van der Waals surface area contributed by atoms with Crippen LogP contribution in [0.15, 0.2) is 24.3 Å². The first-order valence-electron chi connectivity index (χ1n) is 7.70. The van der Waals surface area contributed by atoms with E-state index in [0.717, 1.165) is 5.75 Å². The maximum absolute atomic E-state index is 5.27. The quantitative estimate of drug-likeness (QED) is 0.846. The van der Waals surface area contributed by atoms with Gasteiger partial charge in [0.25, 0.3) is 0 Å². The molecule has 0 saturated carbocycles. The number of ether oxygens (including phenoxy) is 1. The molecule has 0 spiro atoms. The molecule has 1 atom stereocenters. The maximum Gasteiger partial charge on any atom is 0.119 e. The van der Waals surface area contributed by atoms with Gasteiger partial charge in [0.05, 0.1) is 13.2 Å². The van der Waals surface area contributed by atoms with E-state index in [9.17, 15) is 0 Å². The molecule has 0 bridgehead atoms. The second kappa shape index (κ2) is 6.10. The third-order valence-corrected chi connectivity index (χ3v) is 5.67. The molecule has 0 amide bonds. The fourth-order valence-electron chi connectivity index (χ4n) is 2.96. The molecule has 1 heterocycles. The van der Waals surface area contributed by atoms with Gasteiger partial charge in [0, 0.05) is 15.4 Å². The SMILES string of the molecule is COc1ccc(NC(C)c2cc3c(s2)CCCC3)c(C)c1. The Bertz CT molecular complexity index is 609. The zero-order chi connectivity index (χ0) is 14.8. The van der Waals surface area contributed by atoms with E-state index in [0.29, 0.717) is 6.04 Å². The van der Waals surface area contributed by atoms with Crippen molar-refractivity contribution in [2.24, 2.45) is 0 Å². The first-order valence-corrected chi connectivity index (χ1v) is 8.51. The van der Waals surface area contributed by atoms with Crippen molar-refractivity contribution < 1.29 is 4.74 Å². The van der Waals surface area contributed by atoms with Crippen molar-refractivity contribution in [1.29, 1.82) is 0 Å². The Morgan fingerprint density at radius 2 is 2.00 bits per heavy atom. The molecule has 3 rings (SSSR count). The van der Waals surface area contributed by atoms with Crippen LogP contribution in [0.3, 0.4) is 0 Å². The Morgan fingerprint density at radius 1 is 1.19 bits per heavy atom. The highest BCUT2D eigenvalue weighted by atomic mass is 32.1. The van der Waals surface area contributed by atoms with Crippen molar-refractivity contribution in [3.8, 4) is 5.75 Å². The van der Waals surface area contributed by atoms with Gasteiger partial charge in [-0.2, -0.15) is 0 Å². The van der Waals surface area contributed by atoms with Crippen LogP contribution in [0.4, 0.5) is 5.69 Å². The fourth-order valence-corrected chi connectivity index (χ4v) is 4.22. The highest BCUT2D eigenvalue weighted by molar-refractivity contribution is 7.12. The van der Waals surface area contributed by atoms with E-state index >= 15 is 0 Å². The monoisotopic (exact) mass is 301 g/mol. The molecule has 1 aliphatic carbocycles. The number of rotatable bonds is 4. The predicted octanol–water partition coefficient (Wildman–Crippen LogP) is 5.12. The van der Waals surface area contributed by atoms with Crippen LogP contribution in [0, 0.1) is 6.92 Å². The zero-order valence-corrected chi connectivity index (χ0v) is 13.8. The lowest BCUT2D eigenvalue weighted by Gasteiger charge is -2.16. The van der Waals surface area contributed by atoms with Crippen LogP contribution in [0.5, 0.6) is 5.75 Å². The van der Waals surface area contributed by atoms with Crippen molar-refractivity contribution in [3.05, 3.63) is 45.1 Å². The summed E-state index contributed by atoms with van der Waals surface area (Å²) in [4.78, 5) is 3.06. The molecule has 3 heteroatoms. The van der Waals surface area contributed by atoms with Crippen LogP contribution < -0.4 is 10.1 Å². The number of anilines is 1. The lowest BCUT2D eigenvalue weighted by molar-refractivity contribution is 0.414. The first-order chi connectivity index (χ1) is 10.2. The fraction of sp³-hybridized carbons (Fsp3) is 0.444. The van der Waals surface area contributed by atoms with Crippen molar-refractivity contribution in [3.63, 3.8) is 0 Å². The second-order valence-corrected chi connectivity index (χ2v) is 7.02. The molecule has 0 aliphatic heterocycles. The van der Waals surface area contributed by atoms with E-state index in [4.69, 9.17) is 4.74 Å². The molecule has 21 heavy (non-hydrogen) atoms. The van der Waals surface area contributed by atoms with E-state index in [2.05, 4.69) is 37.4 Å². The third-order valence-electron chi connectivity index (χ3n) is 4.25. The van der Waals surface area contributed by atoms with Crippen molar-refractivity contribution in [2.75, 3.05) is 12.4 Å². The number of hydrogen-bond acceptors (Lipinski definition) is 3. The van der Waals surface area contributed by atoms with E-state index < -0.39 is 0 Å². The van der Waals surface area contributed by atoms with Crippen molar-refractivity contribution >= 4 is 17.0 Å². The maximum atomic E-state index is 5.27. The van der Waals surface area contributed by atoms with Crippen LogP contribution in [-0.4, -0.2) is 7.11 Å². The smallest absolute Gasteiger partial charge is 0.119 e. The average Bonchev–Trinajstić information content (AvgIpc) is 2.93. The highest BCUT2D eigenvalue weighted by Gasteiger charge is 2.17. The lowest BCUT2D eigenvalue weighted by Crippen LogP contribution is -2.06. The van der Waals surface area contributed by atoms with Crippen molar-refractivity contribution in [1.82, 2.24) is 0 Å². The Kier molecular flexibility index (Phi) is 4.20. The standard InChI is InChI=1S/C18H23NOS/c1-12-10-15(20-3)8-9-16(12)19-13(2)18-11-14-6-4-5-7-17(14)21-18/h8-11,13,19H,4-7H2,1-3H3. The molecule has 2 nitrogen and oxygen atoms in total. The molecule has 112 valence electrons. The van der Waals surface area contributed by atoms with Crippen LogP contribution in [0.25, 0.3) is 0 Å². The highest BCUT2D eigenvalue weighted by Crippen LogP contribution is 2.34. The zero-order valence-electron chi connectivity index (χ0n) is 13.0. The van der Waals surface area contributed by atoms with Gasteiger partial charge in [-0.1, -0.05) is 0 Å². The summed E-state index contributed by atoms with van der Waals surface area (Å²) in [6.45, 7) is 4.37. The molecule has 1 unspecified atom stereocenters. The Balaban J connectivity index is 1.76.